The van der Waals surface area contributed by atoms with Gasteiger partial charge in [0, 0.05) is 18.2 Å². The van der Waals surface area contributed by atoms with Gasteiger partial charge in [-0.3, -0.25) is 9.80 Å². The van der Waals surface area contributed by atoms with Crippen molar-refractivity contribution in [2.24, 2.45) is 10.1 Å². The van der Waals surface area contributed by atoms with Gasteiger partial charge in [-0.25, -0.2) is 0 Å². The topological polar surface area (TPSA) is 84.8 Å². The summed E-state index contributed by atoms with van der Waals surface area (Å²) in [7, 11) is 0. The zero-order valence-electron chi connectivity index (χ0n) is 17.5. The second-order valence-electron chi connectivity index (χ2n) is 6.99. The van der Waals surface area contributed by atoms with Crippen molar-refractivity contribution in [2.45, 2.75) is 6.42 Å². The lowest BCUT2D eigenvalue weighted by molar-refractivity contribution is -0.113. The molecular formula is C23H24N4O4S. The zero-order valence-corrected chi connectivity index (χ0v) is 18.3. The number of para-hydroxylation sites is 1. The molecule has 2 aliphatic rings. The molecule has 0 radical (unpaired) electrons. The van der Waals surface area contributed by atoms with Crippen LogP contribution in [0, 0.1) is 0 Å². The van der Waals surface area contributed by atoms with E-state index >= 15 is 0 Å². The first-order valence-electron chi connectivity index (χ1n) is 10.3. The van der Waals surface area contributed by atoms with Gasteiger partial charge in [-0.05, 0) is 24.3 Å². The third kappa shape index (κ3) is 6.04. The molecule has 1 N–H and O–H groups in total. The van der Waals surface area contributed by atoms with Crippen LogP contribution in [0.15, 0.2) is 71.3 Å². The molecule has 0 aliphatic carbocycles. The van der Waals surface area contributed by atoms with Crippen LogP contribution >= 0.6 is 11.8 Å². The highest BCUT2D eigenvalue weighted by Crippen LogP contribution is 2.32. The number of benzene rings is 2. The molecule has 0 fully saturated rings. The van der Waals surface area contributed by atoms with Crippen LogP contribution in [0.4, 0.5) is 5.69 Å². The normalized spacial score (nSPS) is 15.2. The quantitative estimate of drug-likeness (QED) is 0.672. The number of carbonyl (C=O) groups excluding carboxylic acids is 1. The minimum atomic E-state index is -0.172. The smallest absolute Gasteiger partial charge is 0.234 e. The lowest BCUT2D eigenvalue weighted by Gasteiger charge is -2.23. The molecule has 0 bridgehead atoms. The van der Waals surface area contributed by atoms with E-state index in [9.17, 15) is 4.79 Å². The SMILES string of the molecule is C=CCN1CC(Oc2ccccc2)=NC(SCC(=O)Nc2ccc3c(c2)OCCCO3)=N1. The molecule has 0 aromatic heterocycles. The molecule has 0 saturated heterocycles. The van der Waals surface area contributed by atoms with Crippen molar-refractivity contribution in [3.8, 4) is 17.2 Å². The maximum Gasteiger partial charge on any atom is 0.234 e. The molecule has 0 unspecified atom stereocenters. The molecule has 1 amide bonds. The van der Waals surface area contributed by atoms with E-state index in [0.29, 0.717) is 60.3 Å². The van der Waals surface area contributed by atoms with Crippen LogP contribution in [0.2, 0.25) is 0 Å². The van der Waals surface area contributed by atoms with Crippen LogP contribution in [0.3, 0.4) is 0 Å². The average molecular weight is 453 g/mol. The predicted molar refractivity (Wildman–Crippen MR) is 127 cm³/mol. The number of nitrogens with one attached hydrogen (secondary N) is 1. The van der Waals surface area contributed by atoms with Crippen LogP contribution in [0.25, 0.3) is 0 Å². The molecule has 8 nitrogen and oxygen atoms in total. The minimum absolute atomic E-state index is 0.150. The Morgan fingerprint density at radius 2 is 2.00 bits per heavy atom. The number of carbonyl (C=O) groups is 1. The summed E-state index contributed by atoms with van der Waals surface area (Å²) in [4.78, 5) is 17.0. The third-order valence-corrected chi connectivity index (χ3v) is 5.29. The van der Waals surface area contributed by atoms with Gasteiger partial charge in [-0.1, -0.05) is 36.0 Å². The Bertz CT molecular complexity index is 1030. The molecule has 0 spiro atoms. The molecule has 4 rings (SSSR count). The minimum Gasteiger partial charge on any atom is -0.490 e. The molecule has 2 aliphatic heterocycles. The summed E-state index contributed by atoms with van der Waals surface area (Å²) in [5.41, 5.74) is 0.648. The zero-order chi connectivity index (χ0) is 22.2. The lowest BCUT2D eigenvalue weighted by atomic mass is 10.2. The number of aliphatic imine (C=N–C) groups is 1. The molecule has 2 heterocycles. The number of hydrazone groups is 1. The highest BCUT2D eigenvalue weighted by Gasteiger charge is 2.18. The fourth-order valence-electron chi connectivity index (χ4n) is 3.04. The van der Waals surface area contributed by atoms with Crippen LogP contribution in [-0.2, 0) is 4.79 Å². The van der Waals surface area contributed by atoms with Crippen molar-refractivity contribution in [1.82, 2.24) is 5.01 Å². The number of hydrogen-bond acceptors (Lipinski definition) is 8. The summed E-state index contributed by atoms with van der Waals surface area (Å²) in [6.45, 7) is 5.95. The van der Waals surface area contributed by atoms with Gasteiger partial charge in [-0.2, -0.15) is 4.99 Å². The molecule has 2 aromatic rings. The van der Waals surface area contributed by atoms with E-state index < -0.39 is 0 Å². The van der Waals surface area contributed by atoms with Crippen molar-refractivity contribution in [2.75, 3.05) is 37.4 Å². The number of anilines is 1. The highest BCUT2D eigenvalue weighted by molar-refractivity contribution is 8.14. The Labute approximate surface area is 190 Å². The van der Waals surface area contributed by atoms with Crippen molar-refractivity contribution in [1.29, 1.82) is 0 Å². The number of amidine groups is 1. The number of ether oxygens (including phenoxy) is 3. The van der Waals surface area contributed by atoms with E-state index in [2.05, 4.69) is 22.0 Å². The van der Waals surface area contributed by atoms with Gasteiger partial charge in [0.1, 0.15) is 12.3 Å². The van der Waals surface area contributed by atoms with Crippen LogP contribution in [-0.4, -0.2) is 54.0 Å². The summed E-state index contributed by atoms with van der Waals surface area (Å²) in [6.07, 6.45) is 2.59. The summed E-state index contributed by atoms with van der Waals surface area (Å²) in [5, 5.41) is 9.60. The number of rotatable bonds is 6. The first kappa shape index (κ1) is 21.8. The first-order valence-corrected chi connectivity index (χ1v) is 11.3. The fourth-order valence-corrected chi connectivity index (χ4v) is 3.71. The van der Waals surface area contributed by atoms with Gasteiger partial charge >= 0.3 is 0 Å². The number of thioether (sulfide) groups is 1. The van der Waals surface area contributed by atoms with Crippen molar-refractivity contribution >= 4 is 34.4 Å². The van der Waals surface area contributed by atoms with E-state index in [1.54, 1.807) is 29.3 Å². The van der Waals surface area contributed by atoms with Crippen molar-refractivity contribution in [3.05, 3.63) is 61.2 Å². The summed E-state index contributed by atoms with van der Waals surface area (Å²) in [6, 6.07) is 14.8. The highest BCUT2D eigenvalue weighted by atomic mass is 32.2. The lowest BCUT2D eigenvalue weighted by Crippen LogP contribution is -2.33. The molecule has 166 valence electrons. The van der Waals surface area contributed by atoms with E-state index in [4.69, 9.17) is 14.2 Å². The van der Waals surface area contributed by atoms with E-state index in [0.717, 1.165) is 6.42 Å². The van der Waals surface area contributed by atoms with Gasteiger partial charge in [0.2, 0.25) is 17.0 Å². The van der Waals surface area contributed by atoms with E-state index in [1.165, 1.54) is 11.8 Å². The van der Waals surface area contributed by atoms with Crippen molar-refractivity contribution < 1.29 is 19.0 Å². The van der Waals surface area contributed by atoms with Gasteiger partial charge in [0.15, 0.2) is 11.5 Å². The van der Waals surface area contributed by atoms with Crippen LogP contribution in [0.5, 0.6) is 17.2 Å². The summed E-state index contributed by atoms with van der Waals surface area (Å²) in [5.74, 6) is 2.51. The van der Waals surface area contributed by atoms with Crippen LogP contribution < -0.4 is 19.5 Å². The fraction of sp³-hybridized carbons (Fsp3) is 0.261. The summed E-state index contributed by atoms with van der Waals surface area (Å²) >= 11 is 1.24. The molecule has 0 atom stereocenters. The number of nitrogens with zero attached hydrogens (tertiary/aromatic N) is 3. The third-order valence-electron chi connectivity index (χ3n) is 4.45. The largest absolute Gasteiger partial charge is 0.490 e. The molecule has 2 aromatic carbocycles. The molecular weight excluding hydrogens is 428 g/mol. The Hall–Kier alpha value is -3.46. The van der Waals surface area contributed by atoms with Gasteiger partial charge in [0.05, 0.1) is 25.5 Å². The molecule has 0 saturated carbocycles. The second kappa shape index (κ2) is 10.7. The van der Waals surface area contributed by atoms with Gasteiger partial charge in [-0.15, -0.1) is 11.7 Å². The standard InChI is InChI=1S/C23H24N4O4S/c1-2-11-27-15-22(31-18-7-4-3-5-8-18)25-23(26-27)32-16-21(28)24-17-9-10-19-20(14-17)30-13-6-12-29-19/h2-5,7-10,14H,1,6,11-13,15-16H2,(H,24,28). The number of fused-ring (bicyclic) bond motifs is 1. The maximum absolute atomic E-state index is 12.5. The van der Waals surface area contributed by atoms with Gasteiger partial charge in [0.25, 0.3) is 0 Å². The molecule has 32 heavy (non-hydrogen) atoms. The first-order chi connectivity index (χ1) is 15.7. The van der Waals surface area contributed by atoms with E-state index in [-0.39, 0.29) is 11.7 Å². The Kier molecular flexibility index (Phi) is 7.29. The van der Waals surface area contributed by atoms with Crippen LogP contribution in [0.1, 0.15) is 6.42 Å². The van der Waals surface area contributed by atoms with Crippen molar-refractivity contribution in [3.63, 3.8) is 0 Å². The summed E-state index contributed by atoms with van der Waals surface area (Å²) < 4.78 is 17.2. The Balaban J connectivity index is 1.37. The average Bonchev–Trinajstić information content (AvgIpc) is 3.04. The predicted octanol–water partition coefficient (Wildman–Crippen LogP) is 3.77. The number of amides is 1. The van der Waals surface area contributed by atoms with E-state index in [1.807, 2.05) is 30.3 Å². The monoisotopic (exact) mass is 452 g/mol. The molecule has 9 heteroatoms. The maximum atomic E-state index is 12.5. The Morgan fingerprint density at radius 1 is 1.19 bits per heavy atom. The second-order valence-corrected chi connectivity index (χ2v) is 7.93. The number of hydrogen-bond donors (Lipinski definition) is 1. The van der Waals surface area contributed by atoms with Gasteiger partial charge < -0.3 is 19.5 Å². The Morgan fingerprint density at radius 3 is 2.81 bits per heavy atom.